The Kier molecular flexibility index (Phi) is 23.6. The fraction of sp³-hybridized carbons (Fsp3) is 0.562. The number of nitrogens with two attached hydrogens (primary N) is 1. The van der Waals surface area contributed by atoms with Gasteiger partial charge in [0.15, 0.2) is 25.6 Å². The van der Waals surface area contributed by atoms with Crippen LogP contribution in [0.25, 0.3) is 0 Å². The van der Waals surface area contributed by atoms with Crippen LogP contribution in [0, 0.1) is 12.8 Å². The van der Waals surface area contributed by atoms with Gasteiger partial charge < -0.3 is 62.6 Å². The minimum absolute atomic E-state index is 0.0460. The molecule has 1 fully saturated rings. The molecule has 0 aromatic heterocycles. The zero-order valence-corrected chi connectivity index (χ0v) is 53.4. The summed E-state index contributed by atoms with van der Waals surface area (Å²) in [6.07, 6.45) is 3.64. The number of methoxy groups -OCH3 is 2. The van der Waals surface area contributed by atoms with Crippen LogP contribution in [0.15, 0.2) is 66.0 Å². The van der Waals surface area contributed by atoms with Gasteiger partial charge in [-0.2, -0.15) is 0 Å². The summed E-state index contributed by atoms with van der Waals surface area (Å²) in [5.74, 6) is -1.18. The van der Waals surface area contributed by atoms with Crippen molar-refractivity contribution in [3.63, 3.8) is 0 Å². The van der Waals surface area contributed by atoms with Gasteiger partial charge in [-0.1, -0.05) is 51.8 Å². The molecule has 21 heteroatoms. The van der Waals surface area contributed by atoms with E-state index in [1.54, 1.807) is 54.0 Å². The Morgan fingerprint density at radius 3 is 1.98 bits per heavy atom. The van der Waals surface area contributed by atoms with Crippen molar-refractivity contribution in [2.45, 2.75) is 189 Å². The summed E-state index contributed by atoms with van der Waals surface area (Å²) in [7, 11) is 0.977. The number of anilines is 2. The highest BCUT2D eigenvalue weighted by Crippen LogP contribution is 2.40. The van der Waals surface area contributed by atoms with E-state index < -0.39 is 51.0 Å². The molecule has 3 N–H and O–H groups in total. The van der Waals surface area contributed by atoms with Gasteiger partial charge in [-0.05, 0) is 126 Å². The molecule has 0 bridgehead atoms. The smallest absolute Gasteiger partial charge is 0.411 e. The molecule has 7 atom stereocenters. The number of ketones is 1. The van der Waals surface area contributed by atoms with Crippen LogP contribution in [0.4, 0.5) is 16.2 Å². The Labute approximate surface area is 502 Å². The highest BCUT2D eigenvalue weighted by atomic mass is 28.4. The third kappa shape index (κ3) is 17.6. The first-order valence-corrected chi connectivity index (χ1v) is 32.3. The summed E-state index contributed by atoms with van der Waals surface area (Å²) < 4.78 is 59.4. The Bertz CT molecular complexity index is 2950. The maximum absolute atomic E-state index is 14.4. The van der Waals surface area contributed by atoms with Crippen molar-refractivity contribution < 1.29 is 75.8 Å². The number of aryl methyl sites for hydroxylation is 1. The van der Waals surface area contributed by atoms with E-state index in [1.165, 1.54) is 40.2 Å². The second-order valence-electron chi connectivity index (χ2n) is 24.0. The molecule has 3 amide bonds. The van der Waals surface area contributed by atoms with Crippen molar-refractivity contribution in [3.05, 3.63) is 93.8 Å². The number of hydrogen-bond acceptors (Lipinski definition) is 17. The lowest BCUT2D eigenvalue weighted by Crippen LogP contribution is -2.57. The highest BCUT2D eigenvalue weighted by Gasteiger charge is 2.48. The number of nitrogens with one attached hydrogen (secondary N) is 1. The second-order valence-corrected chi connectivity index (χ2v) is 28.8. The predicted molar refractivity (Wildman–Crippen MR) is 324 cm³/mol. The first-order valence-electron chi connectivity index (χ1n) is 29.4. The van der Waals surface area contributed by atoms with Crippen LogP contribution in [0.3, 0.4) is 0 Å². The average molecular weight is 1200 g/mol. The molecule has 0 saturated carbocycles. The number of Topliss-reactive ketones (excluding diaryl/α,β-unsaturated/α-hetero) is 1. The largest absolute Gasteiger partial charge is 0.493 e. The number of unbranched alkanes of at least 4 members (excludes halogenated alkanes) is 2. The summed E-state index contributed by atoms with van der Waals surface area (Å²) in [5, 5.41) is 2.82. The molecule has 20 nitrogen and oxygen atoms in total. The van der Waals surface area contributed by atoms with Gasteiger partial charge in [0.1, 0.15) is 24.2 Å². The molecule has 3 heterocycles. The lowest BCUT2D eigenvalue weighted by Gasteiger charge is -2.43. The Balaban J connectivity index is 1.12. The van der Waals surface area contributed by atoms with Crippen molar-refractivity contribution in [2.24, 2.45) is 5.92 Å². The molecule has 6 rings (SSSR count). The van der Waals surface area contributed by atoms with Crippen LogP contribution in [-0.4, -0.2) is 131 Å². The third-order valence-corrected chi connectivity index (χ3v) is 20.7. The lowest BCUT2D eigenvalue weighted by atomic mass is 9.91. The van der Waals surface area contributed by atoms with E-state index in [2.05, 4.69) is 39.2 Å². The minimum atomic E-state index is -2.03. The molecule has 466 valence electrons. The SMILES string of the molecule is CC[C@@H]1CC(C)=CN1C(=O)c1cc(OC)c(OCCCCCOc2cc(N)c(C(=O)N3C=C(C)C[C@H]3CO[Si](C)(C)C(C)(C)C)cc2C)cc1NC(=O)OCc1ccc(O[C@@H]2O[C@H](C)[C@@H](C)[C@H](OC(C)=O)[C@H]2OC(C)=O)c(C(=O)CCCOC)c1. The standard InChI is InChI=1S/C64H90N4O16Si/c1-16-46-27-38(2)34-67(46)61(73)49-31-56(76-13)57(78-26-19-17-18-25-77-55-32-51(65)48(29-40(55)4)60(72)68-35-39(3)28-47(68)37-80-85(14,15)64(9,10)11)33-52(49)66-63(74)79-36-45-22-23-54(50(30-45)53(71)21-20-24-75-12)84-62-59(83-44(8)70)58(82-43(7)69)41(5)42(6)81-62/h22-23,29-35,41-42,46-47,58-59,62H,16-21,24-28,36-37,65H2,1-15H3,(H,66,74)/t41-,42-,46-,47+,58+,59-,62+/m1/s1. The quantitative estimate of drug-likeness (QED) is 0.0180. The average Bonchev–Trinajstić information content (AvgIpc) is 3.05. The van der Waals surface area contributed by atoms with Crippen LogP contribution in [-0.2, 0) is 44.3 Å². The van der Waals surface area contributed by atoms with E-state index in [9.17, 15) is 28.8 Å². The maximum atomic E-state index is 14.4. The Morgan fingerprint density at radius 2 is 1.35 bits per heavy atom. The molecule has 0 radical (unpaired) electrons. The van der Waals surface area contributed by atoms with Crippen LogP contribution in [0.5, 0.6) is 23.0 Å². The summed E-state index contributed by atoms with van der Waals surface area (Å²) >= 11 is 0. The monoisotopic (exact) mass is 1200 g/mol. The number of carbonyl (C=O) groups is 6. The number of carbonyl (C=O) groups excluding carboxylic acids is 6. The highest BCUT2D eigenvalue weighted by molar-refractivity contribution is 6.74. The number of benzene rings is 3. The molecule has 3 aromatic carbocycles. The van der Waals surface area contributed by atoms with Gasteiger partial charge in [0, 0.05) is 76.2 Å². The van der Waals surface area contributed by atoms with Crippen molar-refractivity contribution >= 4 is 55.3 Å². The molecule has 3 aliphatic heterocycles. The molecule has 3 aromatic rings. The first-order chi connectivity index (χ1) is 40.2. The third-order valence-electron chi connectivity index (χ3n) is 16.2. The van der Waals surface area contributed by atoms with Crippen molar-refractivity contribution in [1.29, 1.82) is 0 Å². The number of esters is 2. The van der Waals surface area contributed by atoms with Crippen LogP contribution in [0.1, 0.15) is 163 Å². The van der Waals surface area contributed by atoms with Gasteiger partial charge in [-0.3, -0.25) is 29.3 Å². The fourth-order valence-electron chi connectivity index (χ4n) is 10.2. The molecule has 85 heavy (non-hydrogen) atoms. The zero-order valence-electron chi connectivity index (χ0n) is 52.4. The van der Waals surface area contributed by atoms with Crippen LogP contribution < -0.4 is 30.0 Å². The Morgan fingerprint density at radius 1 is 0.729 bits per heavy atom. The van der Waals surface area contributed by atoms with Crippen molar-refractivity contribution in [3.8, 4) is 23.0 Å². The summed E-state index contributed by atoms with van der Waals surface area (Å²) in [5.41, 5.74) is 11.1. The molecule has 3 aliphatic rings. The first kappa shape index (κ1) is 67.2. The fourth-order valence-corrected chi connectivity index (χ4v) is 11.2. The number of rotatable bonds is 27. The Hall–Kier alpha value is -6.94. The molecular formula is C64H90N4O16Si. The number of nitrogen functional groups attached to an aromatic ring is 1. The summed E-state index contributed by atoms with van der Waals surface area (Å²) in [6.45, 7) is 26.1. The number of amides is 3. The van der Waals surface area contributed by atoms with Gasteiger partial charge in [0.05, 0.1) is 61.5 Å². The normalized spacial score (nSPS) is 20.5. The summed E-state index contributed by atoms with van der Waals surface area (Å²) in [6, 6.07) is 11.1. The van der Waals surface area contributed by atoms with E-state index >= 15 is 0 Å². The minimum Gasteiger partial charge on any atom is -0.493 e. The van der Waals surface area contributed by atoms with Gasteiger partial charge in [-0.25, -0.2) is 4.79 Å². The lowest BCUT2D eigenvalue weighted by molar-refractivity contribution is -0.263. The zero-order chi connectivity index (χ0) is 62.5. The predicted octanol–water partition coefficient (Wildman–Crippen LogP) is 11.9. The van der Waals surface area contributed by atoms with Gasteiger partial charge in [0.25, 0.3) is 11.8 Å². The van der Waals surface area contributed by atoms with E-state index in [4.69, 9.17) is 52.8 Å². The van der Waals surface area contributed by atoms with Gasteiger partial charge in [-0.15, -0.1) is 0 Å². The molecule has 0 aliphatic carbocycles. The number of hydrogen-bond donors (Lipinski definition) is 2. The number of ether oxygens (including phenoxy) is 9. The van der Waals surface area contributed by atoms with Gasteiger partial charge >= 0.3 is 18.0 Å². The van der Waals surface area contributed by atoms with E-state index in [1.807, 2.05) is 40.1 Å². The maximum Gasteiger partial charge on any atom is 0.411 e. The van der Waals surface area contributed by atoms with E-state index in [0.717, 1.165) is 29.6 Å². The van der Waals surface area contributed by atoms with Crippen LogP contribution in [0.2, 0.25) is 18.1 Å². The van der Waals surface area contributed by atoms with Gasteiger partial charge in [0.2, 0.25) is 12.4 Å². The van der Waals surface area contributed by atoms with E-state index in [-0.39, 0.29) is 94.3 Å². The molecular weight excluding hydrogens is 1110 g/mol. The topological polar surface area (TPSA) is 239 Å². The molecule has 0 spiro atoms. The van der Waals surface area contributed by atoms with Crippen LogP contribution >= 0.6 is 0 Å². The molecule has 1 saturated heterocycles. The van der Waals surface area contributed by atoms with Crippen molar-refractivity contribution in [1.82, 2.24) is 9.80 Å². The summed E-state index contributed by atoms with van der Waals surface area (Å²) in [4.78, 5) is 84.0. The molecule has 0 unspecified atom stereocenters. The second kappa shape index (κ2) is 29.9. The van der Waals surface area contributed by atoms with E-state index in [0.29, 0.717) is 74.5 Å². The van der Waals surface area contributed by atoms with Crippen molar-refractivity contribution in [2.75, 3.05) is 51.7 Å². The number of nitrogens with zero attached hydrogens (tertiary/aromatic N) is 2.